The molecule has 0 saturated carbocycles. The maximum absolute atomic E-state index is 11.9. The number of halogens is 1. The Morgan fingerprint density at radius 2 is 2.05 bits per heavy atom. The smallest absolute Gasteiger partial charge is 0.234 e. The van der Waals surface area contributed by atoms with Crippen LogP contribution in [0.2, 0.25) is 5.02 Å². The van der Waals surface area contributed by atoms with Crippen LogP contribution in [0.1, 0.15) is 19.9 Å². The normalized spacial score (nSPS) is 10.9. The van der Waals surface area contributed by atoms with Crippen molar-refractivity contribution in [3.63, 3.8) is 0 Å². The number of rotatable bonds is 5. The predicted octanol–water partition coefficient (Wildman–Crippen LogP) is 2.83. The maximum atomic E-state index is 11.9. The molecule has 1 aromatic carbocycles. The van der Waals surface area contributed by atoms with Crippen LogP contribution in [0.25, 0.3) is 0 Å². The standard InChI is InChI=1S/C13H16ClN5OS/c1-8(2)19-12(15)17-18-13(19)21-7-11(20)16-10-5-3-9(14)4-6-10/h3-6,8H,7H2,1-2H3,(H2,15,17)(H,16,20). The van der Waals surface area contributed by atoms with Crippen LogP contribution < -0.4 is 11.1 Å². The topological polar surface area (TPSA) is 85.8 Å². The molecule has 8 heteroatoms. The van der Waals surface area contributed by atoms with Crippen molar-refractivity contribution in [1.29, 1.82) is 0 Å². The summed E-state index contributed by atoms with van der Waals surface area (Å²) < 4.78 is 1.79. The first-order chi connectivity index (χ1) is 9.97. The molecule has 0 bridgehead atoms. The third-order valence-electron chi connectivity index (χ3n) is 2.67. The fourth-order valence-electron chi connectivity index (χ4n) is 1.73. The molecule has 2 aromatic rings. The molecule has 0 unspecified atom stereocenters. The molecule has 0 radical (unpaired) electrons. The minimum absolute atomic E-state index is 0.126. The van der Waals surface area contributed by atoms with E-state index in [1.807, 2.05) is 13.8 Å². The summed E-state index contributed by atoms with van der Waals surface area (Å²) in [6.45, 7) is 3.97. The van der Waals surface area contributed by atoms with Gasteiger partial charge in [-0.15, -0.1) is 10.2 Å². The highest BCUT2D eigenvalue weighted by molar-refractivity contribution is 7.99. The van der Waals surface area contributed by atoms with Crippen LogP contribution in [0, 0.1) is 0 Å². The number of amides is 1. The Balaban J connectivity index is 1.94. The van der Waals surface area contributed by atoms with Gasteiger partial charge in [0.15, 0.2) is 5.16 Å². The van der Waals surface area contributed by atoms with Crippen molar-refractivity contribution in [2.45, 2.75) is 25.0 Å². The fraction of sp³-hybridized carbons (Fsp3) is 0.308. The summed E-state index contributed by atoms with van der Waals surface area (Å²) in [5.41, 5.74) is 6.45. The van der Waals surface area contributed by atoms with Gasteiger partial charge in [0.1, 0.15) is 0 Å². The third-order valence-corrected chi connectivity index (χ3v) is 3.86. The van der Waals surface area contributed by atoms with Gasteiger partial charge in [0.2, 0.25) is 11.9 Å². The molecule has 0 aliphatic rings. The monoisotopic (exact) mass is 325 g/mol. The molecule has 21 heavy (non-hydrogen) atoms. The maximum Gasteiger partial charge on any atom is 0.234 e. The largest absolute Gasteiger partial charge is 0.368 e. The Morgan fingerprint density at radius 1 is 1.38 bits per heavy atom. The van der Waals surface area contributed by atoms with Gasteiger partial charge in [0.25, 0.3) is 0 Å². The quantitative estimate of drug-likeness (QED) is 0.825. The van der Waals surface area contributed by atoms with E-state index >= 15 is 0 Å². The van der Waals surface area contributed by atoms with Crippen molar-refractivity contribution in [3.8, 4) is 0 Å². The van der Waals surface area contributed by atoms with E-state index < -0.39 is 0 Å². The number of thioether (sulfide) groups is 1. The lowest BCUT2D eigenvalue weighted by molar-refractivity contribution is -0.113. The van der Waals surface area contributed by atoms with Crippen molar-refractivity contribution < 1.29 is 4.79 Å². The fourth-order valence-corrected chi connectivity index (χ4v) is 2.73. The SMILES string of the molecule is CC(C)n1c(N)nnc1SCC(=O)Nc1ccc(Cl)cc1. The summed E-state index contributed by atoms with van der Waals surface area (Å²) in [6.07, 6.45) is 0. The van der Waals surface area contributed by atoms with E-state index in [-0.39, 0.29) is 17.7 Å². The van der Waals surface area contributed by atoms with Crippen molar-refractivity contribution in [1.82, 2.24) is 14.8 Å². The van der Waals surface area contributed by atoms with Crippen LogP contribution in [0.15, 0.2) is 29.4 Å². The molecule has 2 rings (SSSR count). The summed E-state index contributed by atoms with van der Waals surface area (Å²) >= 11 is 7.09. The number of nitrogen functional groups attached to an aromatic ring is 1. The van der Waals surface area contributed by atoms with Gasteiger partial charge in [-0.1, -0.05) is 23.4 Å². The van der Waals surface area contributed by atoms with Gasteiger partial charge < -0.3 is 11.1 Å². The first-order valence-electron chi connectivity index (χ1n) is 6.36. The molecule has 0 spiro atoms. The van der Waals surface area contributed by atoms with Gasteiger partial charge in [0, 0.05) is 16.8 Å². The highest BCUT2D eigenvalue weighted by Gasteiger charge is 2.14. The zero-order valence-corrected chi connectivity index (χ0v) is 13.3. The lowest BCUT2D eigenvalue weighted by Gasteiger charge is -2.11. The highest BCUT2D eigenvalue weighted by atomic mass is 35.5. The Morgan fingerprint density at radius 3 is 2.67 bits per heavy atom. The molecule has 3 N–H and O–H groups in total. The summed E-state index contributed by atoms with van der Waals surface area (Å²) in [5, 5.41) is 11.9. The predicted molar refractivity (Wildman–Crippen MR) is 85.6 cm³/mol. The zero-order chi connectivity index (χ0) is 15.4. The summed E-state index contributed by atoms with van der Waals surface area (Å²) in [7, 11) is 0. The van der Waals surface area contributed by atoms with E-state index in [9.17, 15) is 4.79 Å². The van der Waals surface area contributed by atoms with Crippen LogP contribution in [0.3, 0.4) is 0 Å². The molecule has 0 saturated heterocycles. The molecular formula is C13H16ClN5OS. The van der Waals surface area contributed by atoms with E-state index in [0.29, 0.717) is 21.8 Å². The second kappa shape index (κ2) is 6.82. The Bertz CT molecular complexity index is 626. The van der Waals surface area contributed by atoms with Gasteiger partial charge >= 0.3 is 0 Å². The lowest BCUT2D eigenvalue weighted by Crippen LogP contribution is -2.15. The number of hydrogen-bond acceptors (Lipinski definition) is 5. The lowest BCUT2D eigenvalue weighted by atomic mass is 10.3. The van der Waals surface area contributed by atoms with E-state index in [0.717, 1.165) is 0 Å². The third kappa shape index (κ3) is 4.12. The number of carbonyl (C=O) groups excluding carboxylic acids is 1. The highest BCUT2D eigenvalue weighted by Crippen LogP contribution is 2.22. The van der Waals surface area contributed by atoms with Crippen molar-refractivity contribution in [3.05, 3.63) is 29.3 Å². The van der Waals surface area contributed by atoms with Gasteiger partial charge in [-0.2, -0.15) is 0 Å². The molecule has 0 aliphatic carbocycles. The number of carbonyl (C=O) groups is 1. The van der Waals surface area contributed by atoms with Crippen LogP contribution in [0.4, 0.5) is 11.6 Å². The number of nitrogens with zero attached hydrogens (tertiary/aromatic N) is 3. The molecule has 112 valence electrons. The van der Waals surface area contributed by atoms with Crippen LogP contribution in [-0.2, 0) is 4.79 Å². The average Bonchev–Trinajstić information content (AvgIpc) is 2.80. The van der Waals surface area contributed by atoms with Crippen molar-refractivity contribution in [2.24, 2.45) is 0 Å². The van der Waals surface area contributed by atoms with Crippen molar-refractivity contribution >= 4 is 40.9 Å². The minimum Gasteiger partial charge on any atom is -0.368 e. The van der Waals surface area contributed by atoms with Crippen LogP contribution in [0.5, 0.6) is 0 Å². The van der Waals surface area contributed by atoms with Gasteiger partial charge in [-0.25, -0.2) is 0 Å². The molecule has 1 amide bonds. The summed E-state index contributed by atoms with van der Waals surface area (Å²) in [6, 6.07) is 7.08. The molecule has 0 aliphatic heterocycles. The number of anilines is 2. The molecule has 6 nitrogen and oxygen atoms in total. The van der Waals surface area contributed by atoms with Crippen LogP contribution in [-0.4, -0.2) is 26.4 Å². The van der Waals surface area contributed by atoms with E-state index in [4.69, 9.17) is 17.3 Å². The average molecular weight is 326 g/mol. The Hall–Kier alpha value is -1.73. The molecule has 1 heterocycles. The first-order valence-corrected chi connectivity index (χ1v) is 7.72. The Kier molecular flexibility index (Phi) is 5.08. The number of hydrogen-bond donors (Lipinski definition) is 2. The van der Waals surface area contributed by atoms with Gasteiger partial charge in [-0.3, -0.25) is 9.36 Å². The number of aromatic nitrogens is 3. The van der Waals surface area contributed by atoms with Crippen molar-refractivity contribution in [2.75, 3.05) is 16.8 Å². The number of nitrogens with one attached hydrogen (secondary N) is 1. The number of benzene rings is 1. The first kappa shape index (κ1) is 15.7. The summed E-state index contributed by atoms with van der Waals surface area (Å²) in [5.74, 6) is 0.456. The van der Waals surface area contributed by atoms with E-state index in [2.05, 4.69) is 15.5 Å². The summed E-state index contributed by atoms with van der Waals surface area (Å²) in [4.78, 5) is 11.9. The molecular weight excluding hydrogens is 310 g/mol. The van der Waals surface area contributed by atoms with Crippen LogP contribution >= 0.6 is 23.4 Å². The second-order valence-corrected chi connectivity index (χ2v) is 6.03. The van der Waals surface area contributed by atoms with Gasteiger partial charge in [-0.05, 0) is 38.1 Å². The molecule has 0 fully saturated rings. The van der Waals surface area contributed by atoms with E-state index in [1.165, 1.54) is 11.8 Å². The Labute approximate surface area is 132 Å². The minimum atomic E-state index is -0.126. The number of nitrogens with two attached hydrogens (primary N) is 1. The molecule has 0 atom stereocenters. The second-order valence-electron chi connectivity index (χ2n) is 4.65. The zero-order valence-electron chi connectivity index (χ0n) is 11.7. The van der Waals surface area contributed by atoms with E-state index in [1.54, 1.807) is 28.8 Å². The molecule has 1 aromatic heterocycles. The van der Waals surface area contributed by atoms with Gasteiger partial charge in [0.05, 0.1) is 5.75 Å².